The molecule has 2 unspecified atom stereocenters. The Labute approximate surface area is 194 Å². The van der Waals surface area contributed by atoms with Crippen molar-refractivity contribution in [1.82, 2.24) is 15.1 Å². The van der Waals surface area contributed by atoms with Gasteiger partial charge in [0.25, 0.3) is 0 Å². The highest BCUT2D eigenvalue weighted by Crippen LogP contribution is 2.22. The molecule has 7 nitrogen and oxygen atoms in total. The molecule has 4 rings (SSSR count). The molecule has 0 spiro atoms. The Bertz CT molecular complexity index is 771. The zero-order valence-corrected chi connectivity index (χ0v) is 20.1. The monoisotopic (exact) mass is 489 g/mol. The number of nitrogens with zero attached hydrogens (tertiary/aromatic N) is 4. The minimum absolute atomic E-state index is 0.442. The van der Waals surface area contributed by atoms with E-state index in [0.717, 1.165) is 29.2 Å². The highest BCUT2D eigenvalue weighted by Gasteiger charge is 2.32. The van der Waals surface area contributed by atoms with Crippen molar-refractivity contribution < 1.29 is 0 Å². The van der Waals surface area contributed by atoms with Gasteiger partial charge in [-0.2, -0.15) is 4.99 Å². The standard InChI is InChI=1S/C23H36BrN7/c1-2-30-15-7-10-20(30)16-31-21(25)28-22(26-19-13-11-17(24)12-14-19)29-23(31)27-18-8-5-3-4-6-9-18/h11-14,18,20-21H,2-10,15-16,25H2,1H3,(H2,26,27,28,29). The van der Waals surface area contributed by atoms with Gasteiger partial charge in [-0.25, -0.2) is 4.99 Å². The molecule has 1 saturated heterocycles. The zero-order chi connectivity index (χ0) is 21.6. The second kappa shape index (κ2) is 10.8. The van der Waals surface area contributed by atoms with Crippen LogP contribution in [0.3, 0.4) is 0 Å². The Morgan fingerprint density at radius 3 is 2.52 bits per heavy atom. The molecule has 0 radical (unpaired) electrons. The summed E-state index contributed by atoms with van der Waals surface area (Å²) in [6.45, 7) is 5.36. The lowest BCUT2D eigenvalue weighted by molar-refractivity contribution is 0.194. The van der Waals surface area contributed by atoms with Crippen molar-refractivity contribution in [1.29, 1.82) is 0 Å². The van der Waals surface area contributed by atoms with E-state index in [4.69, 9.17) is 10.7 Å². The molecule has 2 atom stereocenters. The average Bonchev–Trinajstić information content (AvgIpc) is 3.06. The fraction of sp³-hybridized carbons (Fsp3) is 0.652. The average molecular weight is 490 g/mol. The summed E-state index contributed by atoms with van der Waals surface area (Å²) < 4.78 is 1.04. The maximum absolute atomic E-state index is 6.59. The third kappa shape index (κ3) is 5.99. The first-order valence-corrected chi connectivity index (χ1v) is 12.6. The minimum Gasteiger partial charge on any atom is -0.353 e. The van der Waals surface area contributed by atoms with Gasteiger partial charge in [0.05, 0.1) is 0 Å². The number of aliphatic imine (C=N–C) groups is 2. The predicted molar refractivity (Wildman–Crippen MR) is 132 cm³/mol. The lowest BCUT2D eigenvalue weighted by Gasteiger charge is -2.38. The predicted octanol–water partition coefficient (Wildman–Crippen LogP) is 3.93. The summed E-state index contributed by atoms with van der Waals surface area (Å²) >= 11 is 3.49. The van der Waals surface area contributed by atoms with E-state index in [0.29, 0.717) is 18.0 Å². The van der Waals surface area contributed by atoms with Crippen molar-refractivity contribution >= 4 is 33.5 Å². The van der Waals surface area contributed by atoms with Gasteiger partial charge < -0.3 is 15.5 Å². The van der Waals surface area contributed by atoms with Crippen LogP contribution in [0.1, 0.15) is 58.3 Å². The zero-order valence-electron chi connectivity index (χ0n) is 18.6. The number of likely N-dealkylation sites (N-methyl/N-ethyl adjacent to an activating group) is 1. The number of benzene rings is 1. The number of hydrogen-bond acceptors (Lipinski definition) is 7. The highest BCUT2D eigenvalue weighted by molar-refractivity contribution is 9.10. The smallest absolute Gasteiger partial charge is 0.229 e. The molecule has 2 heterocycles. The maximum atomic E-state index is 6.59. The van der Waals surface area contributed by atoms with Crippen LogP contribution in [-0.2, 0) is 0 Å². The molecule has 1 saturated carbocycles. The number of halogens is 1. The molecule has 2 fully saturated rings. The molecule has 1 aliphatic carbocycles. The number of nitrogens with one attached hydrogen (secondary N) is 2. The van der Waals surface area contributed by atoms with E-state index in [1.807, 2.05) is 24.3 Å². The van der Waals surface area contributed by atoms with Crippen LogP contribution in [0.25, 0.3) is 0 Å². The minimum atomic E-state index is -0.442. The molecule has 4 N–H and O–H groups in total. The van der Waals surface area contributed by atoms with Crippen LogP contribution < -0.4 is 16.4 Å². The molecule has 8 heteroatoms. The van der Waals surface area contributed by atoms with Gasteiger partial charge in [0.2, 0.25) is 11.9 Å². The van der Waals surface area contributed by atoms with Crippen molar-refractivity contribution in [2.75, 3.05) is 25.0 Å². The largest absolute Gasteiger partial charge is 0.353 e. The lowest BCUT2D eigenvalue weighted by Crippen LogP contribution is -2.58. The SMILES string of the molecule is CCN1CCCC1CN1C(NC2CCCCCC2)=NC(Nc2ccc(Br)cc2)=NC1N. The Kier molecular flexibility index (Phi) is 7.85. The first-order chi connectivity index (χ1) is 15.1. The molecule has 1 aromatic rings. The van der Waals surface area contributed by atoms with E-state index < -0.39 is 6.29 Å². The molecule has 170 valence electrons. The Morgan fingerprint density at radius 1 is 1.06 bits per heavy atom. The molecule has 0 aromatic heterocycles. The molecule has 1 aromatic carbocycles. The van der Waals surface area contributed by atoms with E-state index in [-0.39, 0.29) is 0 Å². The molecular formula is C23H36BrN7. The van der Waals surface area contributed by atoms with Gasteiger partial charge in [-0.15, -0.1) is 0 Å². The second-order valence-corrected chi connectivity index (χ2v) is 9.76. The van der Waals surface area contributed by atoms with Crippen molar-refractivity contribution in [3.8, 4) is 0 Å². The first kappa shape index (κ1) is 22.6. The quantitative estimate of drug-likeness (QED) is 0.545. The number of likely N-dealkylation sites (tertiary alicyclic amines) is 1. The highest BCUT2D eigenvalue weighted by atomic mass is 79.9. The number of rotatable bonds is 5. The Morgan fingerprint density at radius 2 is 1.81 bits per heavy atom. The van der Waals surface area contributed by atoms with Crippen molar-refractivity contribution in [3.63, 3.8) is 0 Å². The van der Waals surface area contributed by atoms with Crippen LogP contribution in [0.2, 0.25) is 0 Å². The van der Waals surface area contributed by atoms with Gasteiger partial charge in [-0.05, 0) is 63.0 Å². The summed E-state index contributed by atoms with van der Waals surface area (Å²) in [6, 6.07) is 8.99. The lowest BCUT2D eigenvalue weighted by atomic mass is 10.1. The van der Waals surface area contributed by atoms with Crippen molar-refractivity contribution in [3.05, 3.63) is 28.7 Å². The summed E-state index contributed by atoms with van der Waals surface area (Å²) in [6.07, 6.45) is 9.63. The molecule has 2 aliphatic heterocycles. The fourth-order valence-corrected chi connectivity index (χ4v) is 5.16. The van der Waals surface area contributed by atoms with Gasteiger partial charge in [0, 0.05) is 28.8 Å². The van der Waals surface area contributed by atoms with Gasteiger partial charge >= 0.3 is 0 Å². The summed E-state index contributed by atoms with van der Waals surface area (Å²) in [7, 11) is 0. The van der Waals surface area contributed by atoms with Gasteiger partial charge in [0.1, 0.15) is 0 Å². The van der Waals surface area contributed by atoms with Crippen LogP contribution in [0, 0.1) is 0 Å². The normalized spacial score (nSPS) is 25.7. The topological polar surface area (TPSA) is 81.3 Å². The maximum Gasteiger partial charge on any atom is 0.229 e. The molecule has 0 amide bonds. The van der Waals surface area contributed by atoms with Crippen LogP contribution in [0.4, 0.5) is 5.69 Å². The number of guanidine groups is 2. The Hall–Kier alpha value is -1.64. The number of hydrogen-bond donors (Lipinski definition) is 3. The van der Waals surface area contributed by atoms with Crippen molar-refractivity contribution in [2.45, 2.75) is 76.7 Å². The summed E-state index contributed by atoms with van der Waals surface area (Å²) in [5.41, 5.74) is 7.54. The van der Waals surface area contributed by atoms with E-state index in [2.05, 4.69) is 48.3 Å². The van der Waals surface area contributed by atoms with E-state index in [1.165, 1.54) is 57.9 Å². The van der Waals surface area contributed by atoms with Crippen LogP contribution >= 0.6 is 15.9 Å². The molecular weight excluding hydrogens is 454 g/mol. The fourth-order valence-electron chi connectivity index (χ4n) is 4.90. The molecule has 3 aliphatic rings. The van der Waals surface area contributed by atoms with E-state index >= 15 is 0 Å². The van der Waals surface area contributed by atoms with Gasteiger partial charge in [0.15, 0.2) is 6.29 Å². The summed E-state index contributed by atoms with van der Waals surface area (Å²) in [4.78, 5) is 14.3. The summed E-state index contributed by atoms with van der Waals surface area (Å²) in [5, 5.41) is 7.10. The second-order valence-electron chi connectivity index (χ2n) is 8.84. The number of anilines is 1. The molecule has 0 bridgehead atoms. The van der Waals surface area contributed by atoms with Gasteiger partial charge in [-0.3, -0.25) is 10.6 Å². The van der Waals surface area contributed by atoms with E-state index in [1.54, 1.807) is 0 Å². The third-order valence-electron chi connectivity index (χ3n) is 6.66. The van der Waals surface area contributed by atoms with Crippen LogP contribution in [-0.4, -0.2) is 59.7 Å². The van der Waals surface area contributed by atoms with Crippen LogP contribution in [0.5, 0.6) is 0 Å². The van der Waals surface area contributed by atoms with Gasteiger partial charge in [-0.1, -0.05) is 48.5 Å². The Balaban J connectivity index is 1.52. The first-order valence-electron chi connectivity index (χ1n) is 11.8. The van der Waals surface area contributed by atoms with E-state index in [9.17, 15) is 0 Å². The number of nitrogens with two attached hydrogens (primary N) is 1. The third-order valence-corrected chi connectivity index (χ3v) is 7.19. The van der Waals surface area contributed by atoms with Crippen molar-refractivity contribution in [2.24, 2.45) is 15.7 Å². The molecule has 31 heavy (non-hydrogen) atoms. The van der Waals surface area contributed by atoms with Crippen LogP contribution in [0.15, 0.2) is 38.7 Å². The summed E-state index contributed by atoms with van der Waals surface area (Å²) in [5.74, 6) is 1.44.